The van der Waals surface area contributed by atoms with Gasteiger partial charge in [-0.1, -0.05) is 11.8 Å². The van der Waals surface area contributed by atoms with E-state index < -0.39 is 5.82 Å². The van der Waals surface area contributed by atoms with Crippen LogP contribution in [0.1, 0.15) is 23.2 Å². The van der Waals surface area contributed by atoms with Gasteiger partial charge in [0, 0.05) is 37.0 Å². The summed E-state index contributed by atoms with van der Waals surface area (Å²) in [5.74, 6) is -0.756. The zero-order valence-electron chi connectivity index (χ0n) is 14.9. The van der Waals surface area contributed by atoms with Crippen molar-refractivity contribution in [2.24, 2.45) is 5.92 Å². The maximum absolute atomic E-state index is 13.9. The molecule has 1 amide bonds. The number of rotatable bonds is 6. The summed E-state index contributed by atoms with van der Waals surface area (Å²) < 4.78 is 18.8. The first-order valence-corrected chi connectivity index (χ1v) is 9.62. The number of piperidine rings is 1. The number of likely N-dealkylation sites (tertiary alicyclic amines) is 1. The average molecular weight is 389 g/mol. The fraction of sp³-hybridized carbons (Fsp3) is 0.368. The molecule has 3 rings (SSSR count). The van der Waals surface area contributed by atoms with E-state index in [2.05, 4.69) is 9.97 Å². The van der Waals surface area contributed by atoms with Crippen LogP contribution in [0.2, 0.25) is 0 Å². The fourth-order valence-electron chi connectivity index (χ4n) is 3.05. The van der Waals surface area contributed by atoms with Crippen molar-refractivity contribution >= 4 is 23.5 Å². The van der Waals surface area contributed by atoms with Gasteiger partial charge in [-0.2, -0.15) is 0 Å². The quantitative estimate of drug-likeness (QED) is 0.430. The van der Waals surface area contributed by atoms with E-state index >= 15 is 0 Å². The molecule has 8 heteroatoms. The lowest BCUT2D eigenvalue weighted by Crippen LogP contribution is -2.43. The van der Waals surface area contributed by atoms with Crippen molar-refractivity contribution in [2.75, 3.05) is 26.0 Å². The number of thioether (sulfide) groups is 1. The monoisotopic (exact) mass is 389 g/mol. The van der Waals surface area contributed by atoms with Crippen LogP contribution in [0.25, 0.3) is 0 Å². The number of carbonyl (C=O) groups excluding carboxylic acids is 2. The van der Waals surface area contributed by atoms with Crippen molar-refractivity contribution < 1.29 is 18.7 Å². The number of ketones is 1. The molecule has 27 heavy (non-hydrogen) atoms. The average Bonchev–Trinajstić information content (AvgIpc) is 2.72. The number of benzene rings is 1. The number of aromatic nitrogens is 2. The summed E-state index contributed by atoms with van der Waals surface area (Å²) >= 11 is 1.27. The van der Waals surface area contributed by atoms with Gasteiger partial charge >= 0.3 is 0 Å². The highest BCUT2D eigenvalue weighted by molar-refractivity contribution is 7.99. The van der Waals surface area contributed by atoms with E-state index in [-0.39, 0.29) is 29.1 Å². The molecular formula is C19H20FN3O3S. The zero-order chi connectivity index (χ0) is 19.2. The summed E-state index contributed by atoms with van der Waals surface area (Å²) in [6, 6.07) is 5.93. The number of hydrogen-bond acceptors (Lipinski definition) is 6. The van der Waals surface area contributed by atoms with Gasteiger partial charge in [0.1, 0.15) is 0 Å². The molecule has 1 aromatic heterocycles. The topological polar surface area (TPSA) is 72.4 Å². The second-order valence-corrected chi connectivity index (χ2v) is 7.16. The van der Waals surface area contributed by atoms with Crippen LogP contribution in [0.5, 0.6) is 5.75 Å². The normalized spacial score (nSPS) is 16.8. The number of hydrogen-bond donors (Lipinski definition) is 0. The van der Waals surface area contributed by atoms with Gasteiger partial charge in [-0.25, -0.2) is 14.4 Å². The van der Waals surface area contributed by atoms with Crippen LogP contribution in [0.3, 0.4) is 0 Å². The molecule has 1 unspecified atom stereocenters. The van der Waals surface area contributed by atoms with E-state index in [0.29, 0.717) is 30.2 Å². The van der Waals surface area contributed by atoms with E-state index in [9.17, 15) is 14.0 Å². The van der Waals surface area contributed by atoms with E-state index in [1.165, 1.54) is 31.0 Å². The molecule has 0 bridgehead atoms. The van der Waals surface area contributed by atoms with E-state index in [0.717, 1.165) is 6.42 Å². The summed E-state index contributed by atoms with van der Waals surface area (Å²) in [6.07, 6.45) is 4.69. The highest BCUT2D eigenvalue weighted by Crippen LogP contribution is 2.25. The Balaban J connectivity index is 1.60. The number of methoxy groups -OCH3 is 1. The van der Waals surface area contributed by atoms with Crippen molar-refractivity contribution in [1.29, 1.82) is 0 Å². The third-order valence-electron chi connectivity index (χ3n) is 4.45. The number of ether oxygens (including phenoxy) is 1. The fourth-order valence-corrected chi connectivity index (χ4v) is 3.76. The summed E-state index contributed by atoms with van der Waals surface area (Å²) in [5.41, 5.74) is 0.305. The second kappa shape index (κ2) is 8.94. The van der Waals surface area contributed by atoms with Gasteiger partial charge in [-0.3, -0.25) is 9.59 Å². The van der Waals surface area contributed by atoms with Crippen molar-refractivity contribution in [2.45, 2.75) is 18.0 Å². The number of nitrogens with zero attached hydrogens (tertiary/aromatic N) is 3. The molecular weight excluding hydrogens is 369 g/mol. The number of Topliss-reactive ketones (excluding diaryl/α,β-unsaturated/α-hetero) is 1. The molecule has 2 aromatic rings. The standard InChI is InChI=1S/C19H20FN3O3S/c1-26-16-6-5-13(10-15(16)20)18(25)14-4-2-9-23(11-14)17(24)12-27-19-21-7-3-8-22-19/h3,5-8,10,14H,2,4,9,11-12H2,1H3. The maximum Gasteiger partial charge on any atom is 0.233 e. The Kier molecular flexibility index (Phi) is 6.39. The summed E-state index contributed by atoms with van der Waals surface area (Å²) in [5, 5.41) is 0.546. The minimum absolute atomic E-state index is 0.0501. The minimum atomic E-state index is -0.564. The van der Waals surface area contributed by atoms with Crippen LogP contribution >= 0.6 is 11.8 Å². The lowest BCUT2D eigenvalue weighted by molar-refractivity contribution is -0.129. The van der Waals surface area contributed by atoms with Gasteiger partial charge in [0.2, 0.25) is 5.91 Å². The largest absolute Gasteiger partial charge is 0.494 e. The number of carbonyl (C=O) groups is 2. The SMILES string of the molecule is COc1ccc(C(=O)C2CCCN(C(=O)CSc3ncccn3)C2)cc1F. The van der Waals surface area contributed by atoms with Crippen LogP contribution < -0.4 is 4.74 Å². The molecule has 2 heterocycles. The number of halogens is 1. The van der Waals surface area contributed by atoms with E-state index in [1.54, 1.807) is 29.4 Å². The third kappa shape index (κ3) is 4.82. The Morgan fingerprint density at radius 1 is 1.33 bits per heavy atom. The predicted molar refractivity (Wildman–Crippen MR) is 99.3 cm³/mol. The second-order valence-electron chi connectivity index (χ2n) is 6.21. The molecule has 0 radical (unpaired) electrons. The molecule has 6 nitrogen and oxygen atoms in total. The Labute approximate surface area is 161 Å². The molecule has 0 aliphatic carbocycles. The number of amides is 1. The Hall–Kier alpha value is -2.48. The van der Waals surface area contributed by atoms with Crippen LogP contribution in [-0.2, 0) is 4.79 Å². The molecule has 1 saturated heterocycles. The Morgan fingerprint density at radius 2 is 2.11 bits per heavy atom. The molecule has 0 N–H and O–H groups in total. The lowest BCUT2D eigenvalue weighted by atomic mass is 9.90. The highest BCUT2D eigenvalue weighted by atomic mass is 32.2. The zero-order valence-corrected chi connectivity index (χ0v) is 15.7. The van der Waals surface area contributed by atoms with Gasteiger partial charge in [-0.05, 0) is 37.1 Å². The molecule has 0 spiro atoms. The van der Waals surface area contributed by atoms with Gasteiger partial charge in [0.15, 0.2) is 22.5 Å². The van der Waals surface area contributed by atoms with Gasteiger partial charge in [-0.15, -0.1) is 0 Å². The van der Waals surface area contributed by atoms with Gasteiger partial charge < -0.3 is 9.64 Å². The van der Waals surface area contributed by atoms with Crippen LogP contribution in [-0.4, -0.2) is 52.5 Å². The molecule has 1 aliphatic rings. The van der Waals surface area contributed by atoms with Crippen molar-refractivity contribution in [3.05, 3.63) is 48.0 Å². The predicted octanol–water partition coefficient (Wildman–Crippen LogP) is 2.84. The van der Waals surface area contributed by atoms with Crippen LogP contribution in [0.15, 0.2) is 41.8 Å². The Morgan fingerprint density at radius 3 is 2.81 bits per heavy atom. The first-order valence-electron chi connectivity index (χ1n) is 8.64. The highest BCUT2D eigenvalue weighted by Gasteiger charge is 2.29. The summed E-state index contributed by atoms with van der Waals surface area (Å²) in [4.78, 5) is 35.1. The molecule has 1 aliphatic heterocycles. The summed E-state index contributed by atoms with van der Waals surface area (Å²) in [6.45, 7) is 0.970. The van der Waals surface area contributed by atoms with Crippen molar-refractivity contribution in [3.63, 3.8) is 0 Å². The van der Waals surface area contributed by atoms with Crippen LogP contribution in [0.4, 0.5) is 4.39 Å². The molecule has 0 saturated carbocycles. The third-order valence-corrected chi connectivity index (χ3v) is 5.31. The van der Waals surface area contributed by atoms with Crippen molar-refractivity contribution in [3.8, 4) is 5.75 Å². The van der Waals surface area contributed by atoms with E-state index in [4.69, 9.17) is 4.74 Å². The summed E-state index contributed by atoms with van der Waals surface area (Å²) in [7, 11) is 1.38. The Bertz CT molecular complexity index is 819. The van der Waals surface area contributed by atoms with Gasteiger partial charge in [0.25, 0.3) is 0 Å². The first kappa shape index (κ1) is 19.3. The smallest absolute Gasteiger partial charge is 0.233 e. The minimum Gasteiger partial charge on any atom is -0.494 e. The molecule has 1 aromatic carbocycles. The molecule has 142 valence electrons. The van der Waals surface area contributed by atoms with E-state index in [1.807, 2.05) is 0 Å². The van der Waals surface area contributed by atoms with Crippen molar-refractivity contribution in [1.82, 2.24) is 14.9 Å². The molecule has 1 atom stereocenters. The van der Waals surface area contributed by atoms with Crippen LogP contribution in [0, 0.1) is 11.7 Å². The van der Waals surface area contributed by atoms with Gasteiger partial charge in [0.05, 0.1) is 12.9 Å². The maximum atomic E-state index is 13.9. The lowest BCUT2D eigenvalue weighted by Gasteiger charge is -2.32. The first-order chi connectivity index (χ1) is 13.1. The molecule has 1 fully saturated rings.